The first-order valence-electron chi connectivity index (χ1n) is 15.1. The average molecular weight is 661 g/mol. The van der Waals surface area contributed by atoms with Crippen molar-refractivity contribution in [3.63, 3.8) is 0 Å². The number of para-hydroxylation sites is 3. The number of benzene rings is 6. The molecule has 0 radical (unpaired) electrons. The first kappa shape index (κ1) is 27.9. The summed E-state index contributed by atoms with van der Waals surface area (Å²) in [4.78, 5) is 16.6. The van der Waals surface area contributed by atoms with Crippen LogP contribution in [0.4, 0.5) is 17.1 Å². The summed E-state index contributed by atoms with van der Waals surface area (Å²) in [6.07, 6.45) is 0. The van der Waals surface area contributed by atoms with Crippen molar-refractivity contribution in [3.8, 4) is 37.5 Å². The Morgan fingerprint density at radius 2 is 0.830 bits per heavy atom. The second kappa shape index (κ2) is 11.4. The Hall–Kier alpha value is -5.41. The van der Waals surface area contributed by atoms with Crippen LogP contribution < -0.4 is 4.90 Å². The zero-order chi connectivity index (χ0) is 31.3. The minimum Gasteiger partial charge on any atom is -0.507 e. The molecule has 8 heteroatoms. The number of thiazole rings is 3. The second-order valence-corrected chi connectivity index (χ2v) is 14.2. The number of rotatable bonds is 6. The molecule has 224 valence electrons. The summed E-state index contributed by atoms with van der Waals surface area (Å²) in [5.41, 5.74) is 8.57. The predicted octanol–water partition coefficient (Wildman–Crippen LogP) is 11.7. The van der Waals surface area contributed by atoms with Crippen LogP contribution >= 0.6 is 34.0 Å². The molecule has 0 bridgehead atoms. The molecule has 0 aliphatic carbocycles. The number of anilines is 3. The molecule has 0 atom stereocenters. The van der Waals surface area contributed by atoms with Gasteiger partial charge in [0.1, 0.15) is 20.8 Å². The number of hydrogen-bond acceptors (Lipinski definition) is 8. The van der Waals surface area contributed by atoms with Gasteiger partial charge in [-0.15, -0.1) is 34.0 Å². The highest BCUT2D eigenvalue weighted by molar-refractivity contribution is 7.22. The van der Waals surface area contributed by atoms with Crippen molar-refractivity contribution >= 4 is 81.7 Å². The normalized spacial score (nSPS) is 11.5. The topological polar surface area (TPSA) is 62.1 Å². The van der Waals surface area contributed by atoms with Gasteiger partial charge in [0.15, 0.2) is 0 Å². The fourth-order valence-electron chi connectivity index (χ4n) is 5.77. The van der Waals surface area contributed by atoms with Gasteiger partial charge in [-0.05, 0) is 97.1 Å². The number of nitrogens with zero attached hydrogens (tertiary/aromatic N) is 4. The maximum atomic E-state index is 11.4. The van der Waals surface area contributed by atoms with Crippen LogP contribution in [0.5, 0.6) is 5.75 Å². The maximum absolute atomic E-state index is 11.4. The van der Waals surface area contributed by atoms with Crippen LogP contribution in [0.25, 0.3) is 62.4 Å². The molecule has 47 heavy (non-hydrogen) atoms. The third kappa shape index (κ3) is 5.13. The minimum absolute atomic E-state index is 0.184. The molecule has 5 nitrogen and oxygen atoms in total. The number of aromatic hydroxyl groups is 1. The highest BCUT2D eigenvalue weighted by Crippen LogP contribution is 2.42. The van der Waals surface area contributed by atoms with Crippen molar-refractivity contribution in [1.29, 1.82) is 0 Å². The molecule has 3 heterocycles. The molecule has 9 rings (SSSR count). The summed E-state index contributed by atoms with van der Waals surface area (Å²) >= 11 is 4.97. The van der Waals surface area contributed by atoms with Gasteiger partial charge in [-0.3, -0.25) is 0 Å². The SMILES string of the molecule is Oc1cc(N(c2ccc(-c3nc4ccccc4s3)cc2)c2ccc(-c3nc4ccccc4s3)cc2)ccc1-c1nc2ccccc2s1. The summed E-state index contributed by atoms with van der Waals surface area (Å²) < 4.78 is 3.43. The van der Waals surface area contributed by atoms with Crippen molar-refractivity contribution in [2.45, 2.75) is 0 Å². The van der Waals surface area contributed by atoms with E-state index in [0.29, 0.717) is 5.56 Å². The van der Waals surface area contributed by atoms with Crippen LogP contribution in [-0.2, 0) is 0 Å². The van der Waals surface area contributed by atoms with Gasteiger partial charge in [0.05, 0.1) is 36.2 Å². The van der Waals surface area contributed by atoms with Gasteiger partial charge < -0.3 is 10.0 Å². The molecule has 1 N–H and O–H groups in total. The molecule has 0 unspecified atom stereocenters. The van der Waals surface area contributed by atoms with E-state index in [1.165, 1.54) is 9.40 Å². The molecule has 0 spiro atoms. The molecule has 6 aromatic carbocycles. The van der Waals surface area contributed by atoms with Crippen LogP contribution in [0.2, 0.25) is 0 Å². The molecule has 3 aromatic heterocycles. The van der Waals surface area contributed by atoms with Gasteiger partial charge in [-0.1, -0.05) is 36.4 Å². The molecule has 0 fully saturated rings. The maximum Gasteiger partial charge on any atom is 0.128 e. The lowest BCUT2D eigenvalue weighted by molar-refractivity contribution is 0.477. The zero-order valence-electron chi connectivity index (χ0n) is 24.7. The summed E-state index contributed by atoms with van der Waals surface area (Å²) in [5.74, 6) is 0.184. The number of phenols is 1. The molecular formula is C39H24N4OS3. The van der Waals surface area contributed by atoms with E-state index in [1.807, 2.05) is 72.8 Å². The van der Waals surface area contributed by atoms with Crippen LogP contribution in [-0.4, -0.2) is 20.1 Å². The fourth-order valence-corrected chi connectivity index (χ4v) is 8.71. The van der Waals surface area contributed by atoms with Gasteiger partial charge in [0.25, 0.3) is 0 Å². The Labute approximate surface area is 282 Å². The smallest absolute Gasteiger partial charge is 0.128 e. The van der Waals surface area contributed by atoms with Crippen LogP contribution in [0.15, 0.2) is 140 Å². The van der Waals surface area contributed by atoms with Crippen molar-refractivity contribution in [2.24, 2.45) is 0 Å². The van der Waals surface area contributed by atoms with E-state index in [4.69, 9.17) is 15.0 Å². The van der Waals surface area contributed by atoms with E-state index in [0.717, 1.165) is 64.5 Å². The lowest BCUT2D eigenvalue weighted by Gasteiger charge is -2.26. The van der Waals surface area contributed by atoms with E-state index in [1.54, 1.807) is 34.0 Å². The summed E-state index contributed by atoms with van der Waals surface area (Å²) in [5, 5.41) is 14.1. The van der Waals surface area contributed by atoms with Gasteiger partial charge in [-0.2, -0.15) is 0 Å². The largest absolute Gasteiger partial charge is 0.507 e. The summed E-state index contributed by atoms with van der Waals surface area (Å²) in [7, 11) is 0. The Kier molecular flexibility index (Phi) is 6.78. The zero-order valence-corrected chi connectivity index (χ0v) is 27.2. The van der Waals surface area contributed by atoms with Gasteiger partial charge in [-0.25, -0.2) is 15.0 Å². The predicted molar refractivity (Wildman–Crippen MR) is 199 cm³/mol. The Morgan fingerprint density at radius 3 is 1.28 bits per heavy atom. The molecule has 9 aromatic rings. The van der Waals surface area contributed by atoms with Crippen LogP contribution in [0.1, 0.15) is 0 Å². The van der Waals surface area contributed by atoms with E-state index in [9.17, 15) is 5.11 Å². The van der Waals surface area contributed by atoms with Gasteiger partial charge >= 0.3 is 0 Å². The lowest BCUT2D eigenvalue weighted by atomic mass is 10.1. The monoisotopic (exact) mass is 660 g/mol. The summed E-state index contributed by atoms with van der Waals surface area (Å²) in [6, 6.07) is 47.2. The molecule has 0 saturated carbocycles. The van der Waals surface area contributed by atoms with Crippen molar-refractivity contribution < 1.29 is 5.11 Å². The molecular weight excluding hydrogens is 637 g/mol. The Balaban J connectivity index is 1.11. The second-order valence-electron chi connectivity index (χ2n) is 11.1. The van der Waals surface area contributed by atoms with Crippen LogP contribution in [0, 0.1) is 0 Å². The molecule has 0 amide bonds. The van der Waals surface area contributed by atoms with Gasteiger partial charge in [0, 0.05) is 34.3 Å². The molecule has 0 aliphatic rings. The number of phenolic OH excluding ortho intramolecular Hbond substituents is 1. The lowest BCUT2D eigenvalue weighted by Crippen LogP contribution is -2.09. The van der Waals surface area contributed by atoms with Crippen molar-refractivity contribution in [1.82, 2.24) is 15.0 Å². The quantitative estimate of drug-likeness (QED) is 0.192. The van der Waals surface area contributed by atoms with E-state index < -0.39 is 0 Å². The number of aromatic nitrogens is 3. The Bertz CT molecular complexity index is 2330. The Morgan fingerprint density at radius 1 is 0.426 bits per heavy atom. The van der Waals surface area contributed by atoms with E-state index in [2.05, 4.69) is 71.6 Å². The minimum atomic E-state index is 0.184. The standard InChI is InChI=1S/C39H24N4OS3/c44-33-23-28(21-22-29(33)39-42-32-9-3-6-12-36(32)47-39)43(26-17-13-24(14-18-26)37-40-30-7-1-4-10-34(30)45-37)27-19-15-25(16-20-27)38-41-31-8-2-5-11-35(31)46-38/h1-23,44H. The first-order chi connectivity index (χ1) is 23.2. The van der Waals surface area contributed by atoms with Crippen LogP contribution in [0.3, 0.4) is 0 Å². The fraction of sp³-hybridized carbons (Fsp3) is 0. The third-order valence-corrected chi connectivity index (χ3v) is 11.3. The highest BCUT2D eigenvalue weighted by atomic mass is 32.1. The number of hydrogen-bond donors (Lipinski definition) is 1. The van der Waals surface area contributed by atoms with Gasteiger partial charge in [0.2, 0.25) is 0 Å². The highest BCUT2D eigenvalue weighted by Gasteiger charge is 2.18. The number of fused-ring (bicyclic) bond motifs is 3. The average Bonchev–Trinajstić information content (AvgIpc) is 3.86. The van der Waals surface area contributed by atoms with E-state index >= 15 is 0 Å². The molecule has 0 aliphatic heterocycles. The van der Waals surface area contributed by atoms with E-state index in [-0.39, 0.29) is 5.75 Å². The molecule has 0 saturated heterocycles. The third-order valence-electron chi connectivity index (χ3n) is 8.10. The first-order valence-corrected chi connectivity index (χ1v) is 17.5. The summed E-state index contributed by atoms with van der Waals surface area (Å²) in [6.45, 7) is 0. The van der Waals surface area contributed by atoms with Crippen molar-refractivity contribution in [2.75, 3.05) is 4.90 Å². The van der Waals surface area contributed by atoms with Crippen molar-refractivity contribution in [3.05, 3.63) is 140 Å².